The molecule has 0 spiro atoms. The van der Waals surface area contributed by atoms with Gasteiger partial charge >= 0.3 is 0 Å². The molecule has 0 N–H and O–H groups in total. The number of nitrogens with zero attached hydrogens (tertiary/aromatic N) is 3. The van der Waals surface area contributed by atoms with Crippen molar-refractivity contribution in [1.82, 2.24) is 14.7 Å². The second-order valence-electron chi connectivity index (χ2n) is 5.26. The third-order valence-corrected chi connectivity index (χ3v) is 5.54. The standard InChI is InChI=1S/C17H13Cl2N3OS2/c1-3-7-21-16(23)14(25-17(21)24)9-13-10(2)20-22(15(13)19)12-6-4-5-11(18)8-12/h3-6,8-9H,1,7H2,2H3/b14-9-. The highest BCUT2D eigenvalue weighted by Crippen LogP contribution is 2.35. The van der Waals surface area contributed by atoms with Crippen molar-refractivity contribution >= 4 is 63.5 Å². The molecule has 1 saturated heterocycles. The number of halogens is 2. The highest BCUT2D eigenvalue weighted by atomic mass is 35.5. The van der Waals surface area contributed by atoms with Gasteiger partial charge < -0.3 is 0 Å². The molecule has 8 heteroatoms. The number of carbonyl (C=O) groups is 1. The van der Waals surface area contributed by atoms with Gasteiger partial charge in [-0.05, 0) is 31.2 Å². The highest BCUT2D eigenvalue weighted by Gasteiger charge is 2.31. The van der Waals surface area contributed by atoms with Crippen molar-refractivity contribution in [3.05, 3.63) is 63.3 Å². The lowest BCUT2D eigenvalue weighted by molar-refractivity contribution is -0.121. The van der Waals surface area contributed by atoms with Crippen LogP contribution in [0.4, 0.5) is 0 Å². The van der Waals surface area contributed by atoms with E-state index in [2.05, 4.69) is 11.7 Å². The van der Waals surface area contributed by atoms with Gasteiger partial charge in [0.1, 0.15) is 9.47 Å². The topological polar surface area (TPSA) is 38.1 Å². The Labute approximate surface area is 165 Å². The summed E-state index contributed by atoms with van der Waals surface area (Å²) in [5.74, 6) is -0.152. The van der Waals surface area contributed by atoms with E-state index < -0.39 is 0 Å². The van der Waals surface area contributed by atoms with Gasteiger partial charge in [0.15, 0.2) is 0 Å². The fourth-order valence-corrected chi connectivity index (χ4v) is 4.14. The van der Waals surface area contributed by atoms with Gasteiger partial charge in [-0.15, -0.1) is 6.58 Å². The first-order chi connectivity index (χ1) is 11.9. The van der Waals surface area contributed by atoms with E-state index in [-0.39, 0.29) is 5.91 Å². The summed E-state index contributed by atoms with van der Waals surface area (Å²) in [6.07, 6.45) is 3.37. The Hall–Kier alpha value is -1.60. The highest BCUT2D eigenvalue weighted by molar-refractivity contribution is 8.26. The first-order valence-corrected chi connectivity index (χ1v) is 9.27. The quantitative estimate of drug-likeness (QED) is 0.409. The second-order valence-corrected chi connectivity index (χ2v) is 7.73. The fourth-order valence-electron chi connectivity index (χ4n) is 2.37. The van der Waals surface area contributed by atoms with E-state index in [4.69, 9.17) is 35.4 Å². The molecule has 4 nitrogen and oxygen atoms in total. The maximum absolute atomic E-state index is 12.5. The first kappa shape index (κ1) is 18.2. The first-order valence-electron chi connectivity index (χ1n) is 7.29. The minimum absolute atomic E-state index is 0.152. The lowest BCUT2D eigenvalue weighted by atomic mass is 10.2. The van der Waals surface area contributed by atoms with Crippen LogP contribution in [-0.4, -0.2) is 31.5 Å². The van der Waals surface area contributed by atoms with Gasteiger partial charge in [0.2, 0.25) is 0 Å². The van der Waals surface area contributed by atoms with E-state index in [1.165, 1.54) is 16.7 Å². The Morgan fingerprint density at radius 1 is 1.40 bits per heavy atom. The largest absolute Gasteiger partial charge is 0.289 e. The Morgan fingerprint density at radius 3 is 2.84 bits per heavy atom. The van der Waals surface area contributed by atoms with Crippen molar-refractivity contribution < 1.29 is 4.79 Å². The normalized spacial score (nSPS) is 16.1. The summed E-state index contributed by atoms with van der Waals surface area (Å²) < 4.78 is 2.10. The molecule has 0 aliphatic carbocycles. The van der Waals surface area contributed by atoms with Crippen molar-refractivity contribution in [1.29, 1.82) is 0 Å². The minimum Gasteiger partial charge on any atom is -0.289 e. The van der Waals surface area contributed by atoms with Crippen LogP contribution < -0.4 is 0 Å². The van der Waals surface area contributed by atoms with E-state index in [1.54, 1.807) is 29.0 Å². The molecule has 1 aliphatic rings. The van der Waals surface area contributed by atoms with Gasteiger partial charge in [-0.3, -0.25) is 9.69 Å². The number of hydrogen-bond donors (Lipinski definition) is 0. The predicted octanol–water partition coefficient (Wildman–Crippen LogP) is 4.87. The van der Waals surface area contributed by atoms with Gasteiger partial charge in [-0.25, -0.2) is 4.68 Å². The predicted molar refractivity (Wildman–Crippen MR) is 108 cm³/mol. The van der Waals surface area contributed by atoms with Crippen LogP contribution in [0, 0.1) is 6.92 Å². The minimum atomic E-state index is -0.152. The molecule has 0 saturated carbocycles. The van der Waals surface area contributed by atoms with Gasteiger partial charge in [0.05, 0.1) is 16.3 Å². The molecule has 1 aliphatic heterocycles. The van der Waals surface area contributed by atoms with E-state index in [1.807, 2.05) is 19.1 Å². The third-order valence-electron chi connectivity index (χ3n) is 3.56. The summed E-state index contributed by atoms with van der Waals surface area (Å²) in [5, 5.41) is 5.46. The van der Waals surface area contributed by atoms with Crippen molar-refractivity contribution in [3.63, 3.8) is 0 Å². The molecule has 0 radical (unpaired) electrons. The third kappa shape index (κ3) is 3.53. The van der Waals surface area contributed by atoms with E-state index >= 15 is 0 Å². The summed E-state index contributed by atoms with van der Waals surface area (Å²) in [6, 6.07) is 7.23. The second kappa shape index (κ2) is 7.33. The van der Waals surface area contributed by atoms with Gasteiger partial charge in [-0.2, -0.15) is 5.10 Å². The number of thiocarbonyl (C=S) groups is 1. The number of rotatable bonds is 4. The maximum Gasteiger partial charge on any atom is 0.266 e. The zero-order valence-electron chi connectivity index (χ0n) is 13.2. The van der Waals surface area contributed by atoms with Crippen LogP contribution in [-0.2, 0) is 4.79 Å². The molecule has 1 aromatic heterocycles. The summed E-state index contributed by atoms with van der Waals surface area (Å²) in [7, 11) is 0. The molecule has 25 heavy (non-hydrogen) atoms. The monoisotopic (exact) mass is 409 g/mol. The molecule has 0 unspecified atom stereocenters. The maximum atomic E-state index is 12.5. The number of aromatic nitrogens is 2. The number of hydrogen-bond acceptors (Lipinski definition) is 4. The Balaban J connectivity index is 2.01. The number of amides is 1. The van der Waals surface area contributed by atoms with Crippen LogP contribution in [0.1, 0.15) is 11.3 Å². The van der Waals surface area contributed by atoms with Crippen LogP contribution in [0.3, 0.4) is 0 Å². The van der Waals surface area contributed by atoms with Crippen molar-refractivity contribution in [3.8, 4) is 5.69 Å². The van der Waals surface area contributed by atoms with E-state index in [0.29, 0.717) is 37.2 Å². The molecule has 128 valence electrons. The molecular weight excluding hydrogens is 397 g/mol. The van der Waals surface area contributed by atoms with Crippen LogP contribution in [0.2, 0.25) is 10.2 Å². The Morgan fingerprint density at radius 2 is 2.16 bits per heavy atom. The number of benzene rings is 1. The average Bonchev–Trinajstić information content (AvgIpc) is 3.00. The van der Waals surface area contributed by atoms with Crippen LogP contribution in [0.25, 0.3) is 11.8 Å². The summed E-state index contributed by atoms with van der Waals surface area (Å²) in [4.78, 5) is 14.5. The Bertz CT molecular complexity index is 921. The average molecular weight is 410 g/mol. The van der Waals surface area contributed by atoms with E-state index in [9.17, 15) is 4.79 Å². The van der Waals surface area contributed by atoms with Crippen LogP contribution in [0.5, 0.6) is 0 Å². The fraction of sp³-hybridized carbons (Fsp3) is 0.118. The molecule has 0 atom stereocenters. The van der Waals surface area contributed by atoms with Gasteiger partial charge in [-0.1, -0.05) is 59.3 Å². The molecule has 3 rings (SSSR count). The van der Waals surface area contributed by atoms with Crippen LogP contribution in [0.15, 0.2) is 41.8 Å². The SMILES string of the molecule is C=CCN1C(=O)/C(=C/c2c(C)nn(-c3cccc(Cl)c3)c2Cl)SC1=S. The lowest BCUT2D eigenvalue weighted by Crippen LogP contribution is -2.27. The number of aryl methyl sites for hydroxylation is 1. The van der Waals surface area contributed by atoms with Crippen molar-refractivity contribution in [2.75, 3.05) is 6.54 Å². The Kier molecular flexibility index (Phi) is 5.34. The molecule has 1 fully saturated rings. The smallest absolute Gasteiger partial charge is 0.266 e. The summed E-state index contributed by atoms with van der Waals surface area (Å²) in [6.45, 7) is 5.87. The zero-order valence-corrected chi connectivity index (χ0v) is 16.3. The summed E-state index contributed by atoms with van der Waals surface area (Å²) in [5.41, 5.74) is 2.14. The molecule has 2 heterocycles. The van der Waals surface area contributed by atoms with Gasteiger partial charge in [0, 0.05) is 17.1 Å². The lowest BCUT2D eigenvalue weighted by Gasteiger charge is -2.10. The van der Waals surface area contributed by atoms with E-state index in [0.717, 1.165) is 5.69 Å². The van der Waals surface area contributed by atoms with Gasteiger partial charge in [0.25, 0.3) is 5.91 Å². The zero-order chi connectivity index (χ0) is 18.1. The molecule has 1 amide bonds. The number of carbonyl (C=O) groups excluding carboxylic acids is 1. The molecular formula is C17H13Cl2N3OS2. The molecule has 2 aromatic rings. The summed E-state index contributed by atoms with van der Waals surface area (Å²) >= 11 is 19.0. The molecule has 0 bridgehead atoms. The van der Waals surface area contributed by atoms with Crippen molar-refractivity contribution in [2.45, 2.75) is 6.92 Å². The van der Waals surface area contributed by atoms with Crippen molar-refractivity contribution in [2.24, 2.45) is 0 Å². The molecule has 1 aromatic carbocycles. The van der Waals surface area contributed by atoms with Crippen LogP contribution >= 0.6 is 47.2 Å². The number of thioether (sulfide) groups is 1.